The van der Waals surface area contributed by atoms with E-state index >= 15 is 0 Å². The lowest BCUT2D eigenvalue weighted by molar-refractivity contribution is 0.626. The van der Waals surface area contributed by atoms with Gasteiger partial charge in [-0.05, 0) is 72.8 Å². The molecule has 1 aliphatic carbocycles. The van der Waals surface area contributed by atoms with Gasteiger partial charge >= 0.3 is 0 Å². The van der Waals surface area contributed by atoms with Crippen LogP contribution in [0.2, 0.25) is 0 Å². The molecule has 1 aliphatic rings. The van der Waals surface area contributed by atoms with E-state index in [0.717, 1.165) is 31.4 Å². The first kappa shape index (κ1) is 14.0. The van der Waals surface area contributed by atoms with Crippen molar-refractivity contribution in [3.63, 3.8) is 0 Å². The van der Waals surface area contributed by atoms with Crippen LogP contribution >= 0.6 is 0 Å². The molecule has 0 aromatic heterocycles. The van der Waals surface area contributed by atoms with E-state index in [0.29, 0.717) is 0 Å². The van der Waals surface area contributed by atoms with Crippen LogP contribution in [0.1, 0.15) is 28.7 Å². The third kappa shape index (κ3) is 2.91. The second-order valence-electron chi connectivity index (χ2n) is 5.47. The van der Waals surface area contributed by atoms with Crippen molar-refractivity contribution in [2.75, 3.05) is 13.6 Å². The van der Waals surface area contributed by atoms with Crippen molar-refractivity contribution in [3.8, 4) is 0 Å². The highest BCUT2D eigenvalue weighted by Crippen LogP contribution is 2.34. The van der Waals surface area contributed by atoms with Crippen molar-refractivity contribution in [3.05, 3.63) is 76.6 Å². The van der Waals surface area contributed by atoms with Crippen LogP contribution in [0.25, 0.3) is 5.57 Å². The predicted octanol–water partition coefficient (Wildman–Crippen LogP) is 3.97. The molecule has 0 bridgehead atoms. The molecule has 0 aliphatic heterocycles. The van der Waals surface area contributed by atoms with Crippen LogP contribution in [0.3, 0.4) is 0 Å². The summed E-state index contributed by atoms with van der Waals surface area (Å²) in [6, 6.07) is 13.7. The summed E-state index contributed by atoms with van der Waals surface area (Å²) >= 11 is 0. The van der Waals surface area contributed by atoms with Gasteiger partial charge in [-0.1, -0.05) is 36.4 Å². The molecule has 108 valence electrons. The number of fused-ring (bicyclic) bond motifs is 2. The first-order valence-corrected chi connectivity index (χ1v) is 7.51. The average Bonchev–Trinajstić information content (AvgIpc) is 2.65. The van der Waals surface area contributed by atoms with E-state index in [9.17, 15) is 4.39 Å². The zero-order valence-corrected chi connectivity index (χ0v) is 12.3. The minimum absolute atomic E-state index is 0.160. The molecule has 0 heterocycles. The summed E-state index contributed by atoms with van der Waals surface area (Å²) in [7, 11) is 1.95. The van der Waals surface area contributed by atoms with E-state index in [2.05, 4.69) is 35.7 Å². The molecular formula is C19H20FN. The zero-order valence-electron chi connectivity index (χ0n) is 12.3. The van der Waals surface area contributed by atoms with Gasteiger partial charge in [0.2, 0.25) is 0 Å². The minimum Gasteiger partial charge on any atom is -0.319 e. The quantitative estimate of drug-likeness (QED) is 0.840. The summed E-state index contributed by atoms with van der Waals surface area (Å²) in [5.41, 5.74) is 6.06. The van der Waals surface area contributed by atoms with Crippen LogP contribution in [0, 0.1) is 5.82 Å². The molecule has 0 atom stereocenters. The van der Waals surface area contributed by atoms with Crippen LogP contribution in [-0.2, 0) is 12.8 Å². The molecule has 0 saturated carbocycles. The van der Waals surface area contributed by atoms with E-state index in [-0.39, 0.29) is 5.82 Å². The summed E-state index contributed by atoms with van der Waals surface area (Å²) in [5.74, 6) is -0.160. The Morgan fingerprint density at radius 2 is 1.81 bits per heavy atom. The maximum absolute atomic E-state index is 13.7. The molecule has 2 aromatic rings. The monoisotopic (exact) mass is 281 g/mol. The number of benzene rings is 2. The summed E-state index contributed by atoms with van der Waals surface area (Å²) in [6.45, 7) is 0.927. The van der Waals surface area contributed by atoms with Gasteiger partial charge in [-0.2, -0.15) is 0 Å². The van der Waals surface area contributed by atoms with Crippen molar-refractivity contribution in [1.82, 2.24) is 5.32 Å². The smallest absolute Gasteiger partial charge is 0.123 e. The Hall–Kier alpha value is -1.93. The van der Waals surface area contributed by atoms with E-state index in [1.807, 2.05) is 13.1 Å². The Morgan fingerprint density at radius 3 is 2.62 bits per heavy atom. The number of rotatable bonds is 3. The fraction of sp³-hybridized carbons (Fsp3) is 0.263. The van der Waals surface area contributed by atoms with Crippen LogP contribution in [0.15, 0.2) is 48.5 Å². The Morgan fingerprint density at radius 1 is 1.05 bits per heavy atom. The van der Waals surface area contributed by atoms with Gasteiger partial charge in [0.1, 0.15) is 5.82 Å². The maximum Gasteiger partial charge on any atom is 0.123 e. The number of hydrogen-bond acceptors (Lipinski definition) is 1. The second kappa shape index (κ2) is 6.23. The summed E-state index contributed by atoms with van der Waals surface area (Å²) in [4.78, 5) is 0. The molecule has 2 heteroatoms. The van der Waals surface area contributed by atoms with E-state index in [1.54, 1.807) is 12.1 Å². The first-order chi connectivity index (χ1) is 10.3. The molecule has 1 N–H and O–H groups in total. The standard InChI is InChI=1S/C19H20FN/c1-21-12-4-7-18-17-6-3-2-5-14(17)8-9-15-10-11-16(20)13-19(15)18/h2-3,5-7,10-11,13,21H,4,8-9,12H2,1H3. The highest BCUT2D eigenvalue weighted by Gasteiger charge is 2.17. The van der Waals surface area contributed by atoms with Crippen LogP contribution in [0.5, 0.6) is 0 Å². The van der Waals surface area contributed by atoms with Gasteiger partial charge in [-0.3, -0.25) is 0 Å². The minimum atomic E-state index is -0.160. The number of halogens is 1. The van der Waals surface area contributed by atoms with Crippen molar-refractivity contribution >= 4 is 5.57 Å². The predicted molar refractivity (Wildman–Crippen MR) is 85.9 cm³/mol. The third-order valence-electron chi connectivity index (χ3n) is 4.08. The molecule has 0 fully saturated rings. The lowest BCUT2D eigenvalue weighted by Gasteiger charge is -2.12. The Kier molecular flexibility index (Phi) is 4.16. The van der Waals surface area contributed by atoms with Crippen molar-refractivity contribution in [2.45, 2.75) is 19.3 Å². The van der Waals surface area contributed by atoms with Crippen molar-refractivity contribution in [1.29, 1.82) is 0 Å². The number of nitrogens with one attached hydrogen (secondary N) is 1. The maximum atomic E-state index is 13.7. The molecule has 21 heavy (non-hydrogen) atoms. The van der Waals surface area contributed by atoms with Gasteiger partial charge in [-0.25, -0.2) is 4.39 Å². The number of hydrogen-bond donors (Lipinski definition) is 1. The largest absolute Gasteiger partial charge is 0.319 e. The molecule has 3 rings (SSSR count). The molecule has 0 spiro atoms. The fourth-order valence-electron chi connectivity index (χ4n) is 3.01. The van der Waals surface area contributed by atoms with E-state index < -0.39 is 0 Å². The molecule has 2 aromatic carbocycles. The molecule has 0 amide bonds. The van der Waals surface area contributed by atoms with Gasteiger partial charge in [-0.15, -0.1) is 0 Å². The van der Waals surface area contributed by atoms with Gasteiger partial charge in [0.05, 0.1) is 0 Å². The molecule has 0 saturated heterocycles. The summed E-state index contributed by atoms with van der Waals surface area (Å²) < 4.78 is 13.7. The third-order valence-corrected chi connectivity index (χ3v) is 4.08. The molecule has 0 radical (unpaired) electrons. The summed E-state index contributed by atoms with van der Waals surface area (Å²) in [6.07, 6.45) is 5.16. The van der Waals surface area contributed by atoms with Crippen LogP contribution in [0.4, 0.5) is 4.39 Å². The molecular weight excluding hydrogens is 261 g/mol. The van der Waals surface area contributed by atoms with Gasteiger partial charge < -0.3 is 5.32 Å². The van der Waals surface area contributed by atoms with E-state index in [4.69, 9.17) is 0 Å². The zero-order chi connectivity index (χ0) is 14.7. The number of aryl methyl sites for hydroxylation is 2. The average molecular weight is 281 g/mol. The SMILES string of the molecule is CNCCC=C1c2ccccc2CCc2ccc(F)cc21. The first-order valence-electron chi connectivity index (χ1n) is 7.51. The lowest BCUT2D eigenvalue weighted by atomic mass is 9.93. The Bertz CT molecular complexity index is 673. The van der Waals surface area contributed by atoms with Crippen molar-refractivity contribution < 1.29 is 4.39 Å². The van der Waals surface area contributed by atoms with Gasteiger partial charge in [0.15, 0.2) is 0 Å². The Balaban J connectivity index is 2.14. The highest BCUT2D eigenvalue weighted by molar-refractivity contribution is 5.83. The van der Waals surface area contributed by atoms with Crippen LogP contribution < -0.4 is 5.32 Å². The second-order valence-corrected chi connectivity index (χ2v) is 5.47. The summed E-state index contributed by atoms with van der Waals surface area (Å²) in [5, 5.41) is 3.16. The van der Waals surface area contributed by atoms with E-state index in [1.165, 1.54) is 22.3 Å². The van der Waals surface area contributed by atoms with Crippen molar-refractivity contribution in [2.24, 2.45) is 0 Å². The molecule has 0 unspecified atom stereocenters. The molecule has 1 nitrogen and oxygen atoms in total. The fourth-order valence-corrected chi connectivity index (χ4v) is 3.01. The normalized spacial score (nSPS) is 15.4. The van der Waals surface area contributed by atoms with Crippen LogP contribution in [-0.4, -0.2) is 13.6 Å². The lowest BCUT2D eigenvalue weighted by Crippen LogP contribution is -2.06. The topological polar surface area (TPSA) is 12.0 Å². The van der Waals surface area contributed by atoms with Gasteiger partial charge in [0, 0.05) is 0 Å². The van der Waals surface area contributed by atoms with Gasteiger partial charge in [0.25, 0.3) is 0 Å². The highest BCUT2D eigenvalue weighted by atomic mass is 19.1. The Labute approximate surface area is 125 Å².